The number of alkyl halides is 2. The third-order valence-corrected chi connectivity index (χ3v) is 2.69. The fourth-order valence-corrected chi connectivity index (χ4v) is 1.87. The van der Waals surface area contributed by atoms with E-state index in [4.69, 9.17) is 32.7 Å². The first-order valence-corrected chi connectivity index (χ1v) is 5.69. The predicted molar refractivity (Wildman–Crippen MR) is 63.5 cm³/mol. The molecule has 1 aromatic rings. The van der Waals surface area contributed by atoms with Crippen LogP contribution in [0.3, 0.4) is 0 Å². The summed E-state index contributed by atoms with van der Waals surface area (Å²) in [5.41, 5.74) is 2.15. The van der Waals surface area contributed by atoms with Crippen LogP contribution in [0.4, 0.5) is 0 Å². The van der Waals surface area contributed by atoms with Gasteiger partial charge in [0.15, 0.2) is 11.5 Å². The molecule has 0 N–H and O–H groups in total. The van der Waals surface area contributed by atoms with Crippen LogP contribution in [0, 0.1) is 0 Å². The van der Waals surface area contributed by atoms with Gasteiger partial charge in [0.05, 0.1) is 14.2 Å². The summed E-state index contributed by atoms with van der Waals surface area (Å²) in [5.74, 6) is 2.43. The van der Waals surface area contributed by atoms with Crippen LogP contribution in [0.1, 0.15) is 11.1 Å². The number of methoxy groups -OCH3 is 2. The first kappa shape index (κ1) is 12.5. The minimum Gasteiger partial charge on any atom is -0.493 e. The van der Waals surface area contributed by atoms with Gasteiger partial charge in [-0.3, -0.25) is 0 Å². The average Bonchev–Trinajstić information content (AvgIpc) is 2.28. The fraction of sp³-hybridized carbons (Fsp3) is 0.455. The molecule has 1 aromatic carbocycles. The average molecular weight is 249 g/mol. The summed E-state index contributed by atoms with van der Waals surface area (Å²) >= 11 is 11.6. The van der Waals surface area contributed by atoms with Crippen LogP contribution in [0.25, 0.3) is 0 Å². The molecular weight excluding hydrogens is 235 g/mol. The van der Waals surface area contributed by atoms with Crippen molar-refractivity contribution in [3.8, 4) is 11.5 Å². The van der Waals surface area contributed by atoms with E-state index in [1.165, 1.54) is 0 Å². The van der Waals surface area contributed by atoms with Crippen molar-refractivity contribution in [2.45, 2.75) is 12.3 Å². The molecule has 0 aliphatic carbocycles. The summed E-state index contributed by atoms with van der Waals surface area (Å²) in [6.45, 7) is 0. The summed E-state index contributed by atoms with van der Waals surface area (Å²) in [5, 5.41) is 0. The molecule has 0 aromatic heterocycles. The number of benzene rings is 1. The maximum Gasteiger partial charge on any atom is 0.161 e. The highest BCUT2D eigenvalue weighted by molar-refractivity contribution is 6.18. The third-order valence-electron chi connectivity index (χ3n) is 2.21. The summed E-state index contributed by atoms with van der Waals surface area (Å²) in [7, 11) is 3.22. The lowest BCUT2D eigenvalue weighted by Crippen LogP contribution is -1.98. The second kappa shape index (κ2) is 6.09. The SMILES string of the molecule is COc1cc(CCl)c(CCCl)cc1OC. The summed E-state index contributed by atoms with van der Waals surface area (Å²) in [4.78, 5) is 0. The van der Waals surface area contributed by atoms with Gasteiger partial charge in [-0.1, -0.05) is 0 Å². The van der Waals surface area contributed by atoms with Crippen molar-refractivity contribution in [3.05, 3.63) is 23.3 Å². The van der Waals surface area contributed by atoms with E-state index < -0.39 is 0 Å². The first-order chi connectivity index (χ1) is 7.26. The molecule has 0 heterocycles. The zero-order valence-corrected chi connectivity index (χ0v) is 10.4. The van der Waals surface area contributed by atoms with Crippen molar-refractivity contribution >= 4 is 23.2 Å². The Balaban J connectivity index is 3.15. The van der Waals surface area contributed by atoms with Gasteiger partial charge in [-0.2, -0.15) is 0 Å². The Hall–Kier alpha value is -0.600. The molecule has 1 rings (SSSR count). The normalized spacial score (nSPS) is 10.1. The Morgan fingerprint density at radius 3 is 1.93 bits per heavy atom. The van der Waals surface area contributed by atoms with Crippen molar-refractivity contribution in [1.82, 2.24) is 0 Å². The molecule has 0 radical (unpaired) electrons. The van der Waals surface area contributed by atoms with Crippen molar-refractivity contribution in [2.75, 3.05) is 20.1 Å². The van der Waals surface area contributed by atoms with Gasteiger partial charge in [0.2, 0.25) is 0 Å². The molecule has 0 unspecified atom stereocenters. The smallest absolute Gasteiger partial charge is 0.161 e. The van der Waals surface area contributed by atoms with Gasteiger partial charge in [0, 0.05) is 11.8 Å². The monoisotopic (exact) mass is 248 g/mol. The minimum absolute atomic E-state index is 0.451. The van der Waals surface area contributed by atoms with Gasteiger partial charge in [-0.05, 0) is 29.7 Å². The molecule has 0 amide bonds. The standard InChI is InChI=1S/C11H14Cl2O2/c1-14-10-5-8(3-4-12)9(7-13)6-11(10)15-2/h5-6H,3-4,7H2,1-2H3. The largest absolute Gasteiger partial charge is 0.493 e. The van der Waals surface area contributed by atoms with E-state index in [9.17, 15) is 0 Å². The number of hydrogen-bond acceptors (Lipinski definition) is 2. The topological polar surface area (TPSA) is 18.5 Å². The lowest BCUT2D eigenvalue weighted by atomic mass is 10.1. The quantitative estimate of drug-likeness (QED) is 0.746. The minimum atomic E-state index is 0.451. The number of aryl methyl sites for hydroxylation is 1. The molecule has 15 heavy (non-hydrogen) atoms. The van der Waals surface area contributed by atoms with E-state index in [0.717, 1.165) is 17.5 Å². The number of ether oxygens (including phenoxy) is 2. The Kier molecular flexibility index (Phi) is 5.06. The van der Waals surface area contributed by atoms with Crippen LogP contribution in [-0.2, 0) is 12.3 Å². The maximum absolute atomic E-state index is 5.85. The highest BCUT2D eigenvalue weighted by atomic mass is 35.5. The molecule has 0 spiro atoms. The van der Waals surface area contributed by atoms with Crippen molar-refractivity contribution in [3.63, 3.8) is 0 Å². The predicted octanol–water partition coefficient (Wildman–Crippen LogP) is 3.22. The molecule has 0 saturated heterocycles. The van der Waals surface area contributed by atoms with Gasteiger partial charge in [0.1, 0.15) is 0 Å². The first-order valence-electron chi connectivity index (χ1n) is 4.62. The number of halogens is 2. The van der Waals surface area contributed by atoms with Gasteiger partial charge in [-0.25, -0.2) is 0 Å². The Labute approximate surface area is 100 Å². The number of rotatable bonds is 5. The van der Waals surface area contributed by atoms with Gasteiger partial charge in [-0.15, -0.1) is 23.2 Å². The number of hydrogen-bond donors (Lipinski definition) is 0. The van der Waals surface area contributed by atoms with Gasteiger partial charge >= 0.3 is 0 Å². The van der Waals surface area contributed by atoms with Crippen LogP contribution >= 0.6 is 23.2 Å². The summed E-state index contributed by atoms with van der Waals surface area (Å²) in [6, 6.07) is 3.83. The molecule has 0 fully saturated rings. The van der Waals surface area contributed by atoms with Crippen LogP contribution < -0.4 is 9.47 Å². The second-order valence-corrected chi connectivity index (χ2v) is 3.69. The highest BCUT2D eigenvalue weighted by Gasteiger charge is 2.09. The van der Waals surface area contributed by atoms with Gasteiger partial charge < -0.3 is 9.47 Å². The van der Waals surface area contributed by atoms with E-state index in [1.54, 1.807) is 14.2 Å². The zero-order valence-electron chi connectivity index (χ0n) is 8.85. The van der Waals surface area contributed by atoms with E-state index in [1.807, 2.05) is 12.1 Å². The molecular formula is C11H14Cl2O2. The summed E-state index contributed by atoms with van der Waals surface area (Å²) in [6.07, 6.45) is 0.782. The zero-order chi connectivity index (χ0) is 11.3. The lowest BCUT2D eigenvalue weighted by molar-refractivity contribution is 0.354. The van der Waals surface area contributed by atoms with Crippen molar-refractivity contribution in [1.29, 1.82) is 0 Å². The van der Waals surface area contributed by atoms with Gasteiger partial charge in [0.25, 0.3) is 0 Å². The highest BCUT2D eigenvalue weighted by Crippen LogP contribution is 2.31. The van der Waals surface area contributed by atoms with E-state index in [2.05, 4.69) is 0 Å². The molecule has 2 nitrogen and oxygen atoms in total. The molecule has 0 saturated carbocycles. The molecule has 0 aliphatic heterocycles. The molecule has 4 heteroatoms. The van der Waals surface area contributed by atoms with Crippen LogP contribution in [0.2, 0.25) is 0 Å². The fourth-order valence-electron chi connectivity index (χ4n) is 1.42. The Bertz CT molecular complexity index is 327. The second-order valence-electron chi connectivity index (χ2n) is 3.05. The van der Waals surface area contributed by atoms with Crippen LogP contribution in [0.15, 0.2) is 12.1 Å². The molecule has 0 bridgehead atoms. The van der Waals surface area contributed by atoms with Crippen molar-refractivity contribution in [2.24, 2.45) is 0 Å². The third kappa shape index (κ3) is 2.93. The van der Waals surface area contributed by atoms with Crippen LogP contribution in [0.5, 0.6) is 11.5 Å². The molecule has 0 atom stereocenters. The molecule has 0 aliphatic rings. The molecule has 84 valence electrons. The van der Waals surface area contributed by atoms with E-state index in [-0.39, 0.29) is 0 Å². The van der Waals surface area contributed by atoms with Crippen LogP contribution in [-0.4, -0.2) is 20.1 Å². The van der Waals surface area contributed by atoms with E-state index >= 15 is 0 Å². The van der Waals surface area contributed by atoms with Crippen molar-refractivity contribution < 1.29 is 9.47 Å². The Morgan fingerprint density at radius 1 is 1.00 bits per heavy atom. The Morgan fingerprint density at radius 2 is 1.53 bits per heavy atom. The maximum atomic E-state index is 5.85. The lowest BCUT2D eigenvalue weighted by Gasteiger charge is -2.12. The summed E-state index contributed by atoms with van der Waals surface area (Å²) < 4.78 is 10.4. The van der Waals surface area contributed by atoms with E-state index in [0.29, 0.717) is 23.3 Å².